The summed E-state index contributed by atoms with van der Waals surface area (Å²) in [5.74, 6) is 1.48. The third kappa shape index (κ3) is 5.27. The minimum Gasteiger partial charge on any atom is -0.324 e. The Morgan fingerprint density at radius 2 is 2.32 bits per heavy atom. The van der Waals surface area contributed by atoms with Gasteiger partial charge >= 0.3 is 0 Å². The van der Waals surface area contributed by atoms with Gasteiger partial charge in [-0.05, 0) is 24.0 Å². The number of nitrogens with zero attached hydrogens (tertiary/aromatic N) is 1. The molecule has 0 saturated carbocycles. The van der Waals surface area contributed by atoms with Crippen LogP contribution >= 0.6 is 11.8 Å². The number of hydrogen-bond donors (Lipinski definition) is 2. The van der Waals surface area contributed by atoms with Crippen molar-refractivity contribution in [1.29, 1.82) is 0 Å². The summed E-state index contributed by atoms with van der Waals surface area (Å²) in [5.41, 5.74) is 6.07. The highest BCUT2D eigenvalue weighted by atomic mass is 32.2. The van der Waals surface area contributed by atoms with Crippen molar-refractivity contribution in [3.05, 3.63) is 34.4 Å². The minimum absolute atomic E-state index is 0.0621. The Hall–Kier alpha value is -1.60. The molecule has 0 bridgehead atoms. The molecule has 0 heterocycles. The van der Waals surface area contributed by atoms with Gasteiger partial charge < -0.3 is 11.1 Å². The molecule has 0 fully saturated rings. The van der Waals surface area contributed by atoms with E-state index in [1.165, 1.54) is 18.2 Å². The molecule has 0 aromatic heterocycles. The molecule has 0 aliphatic rings. The Kier molecular flexibility index (Phi) is 6.31. The molecule has 0 aliphatic heterocycles. The average molecular weight is 283 g/mol. The van der Waals surface area contributed by atoms with Crippen molar-refractivity contribution in [3.8, 4) is 0 Å². The molecule has 1 rings (SSSR count). The molecule has 0 aliphatic carbocycles. The van der Waals surface area contributed by atoms with Crippen LogP contribution in [0.1, 0.15) is 13.3 Å². The van der Waals surface area contributed by atoms with Crippen molar-refractivity contribution in [2.24, 2.45) is 5.73 Å². The molecule has 104 valence electrons. The van der Waals surface area contributed by atoms with Gasteiger partial charge in [-0.15, -0.1) is 0 Å². The maximum absolute atomic E-state index is 11.8. The summed E-state index contributed by atoms with van der Waals surface area (Å²) in [5, 5.41) is 13.2. The highest BCUT2D eigenvalue weighted by Crippen LogP contribution is 2.17. The van der Waals surface area contributed by atoms with Gasteiger partial charge in [0.25, 0.3) is 5.69 Å². The lowest BCUT2D eigenvalue weighted by Gasteiger charge is -2.11. The van der Waals surface area contributed by atoms with Crippen molar-refractivity contribution >= 4 is 29.0 Å². The molecule has 1 aromatic rings. The number of nitro benzene ring substituents is 1. The Labute approximate surface area is 115 Å². The lowest BCUT2D eigenvalue weighted by molar-refractivity contribution is -0.384. The number of hydrogen-bond acceptors (Lipinski definition) is 5. The van der Waals surface area contributed by atoms with E-state index in [1.54, 1.807) is 17.8 Å². The molecule has 1 aromatic carbocycles. The highest BCUT2D eigenvalue weighted by Gasteiger charge is 2.14. The van der Waals surface area contributed by atoms with E-state index < -0.39 is 11.0 Å². The zero-order chi connectivity index (χ0) is 14.3. The first-order valence-corrected chi connectivity index (χ1v) is 7.08. The van der Waals surface area contributed by atoms with Gasteiger partial charge in [0.15, 0.2) is 0 Å². The van der Waals surface area contributed by atoms with Crippen LogP contribution in [0.2, 0.25) is 0 Å². The number of carbonyl (C=O) groups excluding carboxylic acids is 1. The van der Waals surface area contributed by atoms with E-state index in [-0.39, 0.29) is 11.6 Å². The molecular weight excluding hydrogens is 266 g/mol. The molecule has 0 radical (unpaired) electrons. The Bertz CT molecular complexity index is 454. The first-order valence-electron chi connectivity index (χ1n) is 5.93. The lowest BCUT2D eigenvalue weighted by Crippen LogP contribution is -2.36. The number of nitrogens with one attached hydrogen (secondary N) is 1. The Morgan fingerprint density at radius 3 is 2.95 bits per heavy atom. The first kappa shape index (κ1) is 15.5. The molecule has 6 nitrogen and oxygen atoms in total. The van der Waals surface area contributed by atoms with E-state index in [9.17, 15) is 14.9 Å². The van der Waals surface area contributed by atoms with E-state index in [1.807, 2.05) is 6.92 Å². The van der Waals surface area contributed by atoms with Crippen LogP contribution in [0.5, 0.6) is 0 Å². The number of amides is 1. The molecule has 7 heteroatoms. The second-order valence-corrected chi connectivity index (χ2v) is 5.28. The molecule has 3 N–H and O–H groups in total. The molecule has 19 heavy (non-hydrogen) atoms. The number of carbonyl (C=O) groups is 1. The van der Waals surface area contributed by atoms with Crippen LogP contribution in [-0.2, 0) is 4.79 Å². The Balaban J connectivity index is 2.56. The summed E-state index contributed by atoms with van der Waals surface area (Å²) in [7, 11) is 0. The van der Waals surface area contributed by atoms with Crippen molar-refractivity contribution in [2.75, 3.05) is 16.8 Å². The van der Waals surface area contributed by atoms with Gasteiger partial charge in [0.2, 0.25) is 5.91 Å². The quantitative estimate of drug-likeness (QED) is 0.453. The van der Waals surface area contributed by atoms with Crippen molar-refractivity contribution in [2.45, 2.75) is 19.4 Å². The summed E-state index contributed by atoms with van der Waals surface area (Å²) in [4.78, 5) is 21.9. The number of anilines is 1. The predicted octanol–water partition coefficient (Wildman–Crippen LogP) is 2.00. The monoisotopic (exact) mass is 283 g/mol. The fourth-order valence-electron chi connectivity index (χ4n) is 1.42. The van der Waals surface area contributed by atoms with Crippen molar-refractivity contribution in [1.82, 2.24) is 0 Å². The highest BCUT2D eigenvalue weighted by molar-refractivity contribution is 7.99. The van der Waals surface area contributed by atoms with E-state index in [0.29, 0.717) is 12.1 Å². The smallest absolute Gasteiger partial charge is 0.271 e. The summed E-state index contributed by atoms with van der Waals surface area (Å²) in [6, 6.07) is 5.20. The number of rotatable bonds is 7. The largest absolute Gasteiger partial charge is 0.324 e. The van der Waals surface area contributed by atoms with E-state index in [4.69, 9.17) is 5.73 Å². The number of non-ortho nitro benzene ring substituents is 1. The third-order valence-corrected chi connectivity index (χ3v) is 3.37. The third-order valence-electron chi connectivity index (χ3n) is 2.44. The predicted molar refractivity (Wildman–Crippen MR) is 77.3 cm³/mol. The number of thioether (sulfide) groups is 1. The van der Waals surface area contributed by atoms with E-state index >= 15 is 0 Å². The Morgan fingerprint density at radius 1 is 1.58 bits per heavy atom. The van der Waals surface area contributed by atoms with Gasteiger partial charge in [0.05, 0.1) is 11.0 Å². The van der Waals surface area contributed by atoms with E-state index in [0.717, 1.165) is 11.5 Å². The second kappa shape index (κ2) is 7.75. The van der Waals surface area contributed by atoms with Crippen LogP contribution in [-0.4, -0.2) is 28.4 Å². The van der Waals surface area contributed by atoms with Crippen LogP contribution in [0.15, 0.2) is 24.3 Å². The van der Waals surface area contributed by atoms with Crippen LogP contribution in [0.3, 0.4) is 0 Å². The fourth-order valence-corrected chi connectivity index (χ4v) is 2.13. The second-order valence-electron chi connectivity index (χ2n) is 3.89. The maximum Gasteiger partial charge on any atom is 0.271 e. The summed E-state index contributed by atoms with van der Waals surface area (Å²) in [6.07, 6.45) is 0.583. The molecule has 1 amide bonds. The summed E-state index contributed by atoms with van der Waals surface area (Å²) < 4.78 is 0. The number of nitro groups is 1. The van der Waals surface area contributed by atoms with Crippen LogP contribution in [0.4, 0.5) is 11.4 Å². The molecule has 0 spiro atoms. The van der Waals surface area contributed by atoms with Gasteiger partial charge in [0, 0.05) is 17.8 Å². The maximum atomic E-state index is 11.8. The molecule has 0 unspecified atom stereocenters. The molecule has 0 saturated heterocycles. The van der Waals surface area contributed by atoms with Gasteiger partial charge in [-0.3, -0.25) is 14.9 Å². The van der Waals surface area contributed by atoms with Crippen LogP contribution in [0.25, 0.3) is 0 Å². The van der Waals surface area contributed by atoms with Gasteiger partial charge in [-0.1, -0.05) is 13.0 Å². The van der Waals surface area contributed by atoms with Gasteiger partial charge in [-0.2, -0.15) is 11.8 Å². The fraction of sp³-hybridized carbons (Fsp3) is 0.417. The zero-order valence-electron chi connectivity index (χ0n) is 10.7. The average Bonchev–Trinajstić information content (AvgIpc) is 2.39. The topological polar surface area (TPSA) is 98.3 Å². The summed E-state index contributed by atoms with van der Waals surface area (Å²) in [6.45, 7) is 2.04. The van der Waals surface area contributed by atoms with Crippen molar-refractivity contribution in [3.63, 3.8) is 0 Å². The van der Waals surface area contributed by atoms with Gasteiger partial charge in [0.1, 0.15) is 0 Å². The van der Waals surface area contributed by atoms with E-state index in [2.05, 4.69) is 5.32 Å². The lowest BCUT2D eigenvalue weighted by atomic mass is 10.2. The molecular formula is C12H17N3O3S. The SMILES string of the molecule is CCSCC[C@H](N)C(=O)Nc1cccc([N+](=O)[O-])c1. The van der Waals surface area contributed by atoms with Crippen LogP contribution in [0, 0.1) is 10.1 Å². The minimum atomic E-state index is -0.599. The zero-order valence-corrected chi connectivity index (χ0v) is 11.5. The molecule has 1 atom stereocenters. The normalized spacial score (nSPS) is 11.9. The van der Waals surface area contributed by atoms with Gasteiger partial charge in [-0.25, -0.2) is 0 Å². The van der Waals surface area contributed by atoms with Crippen molar-refractivity contribution < 1.29 is 9.72 Å². The first-order chi connectivity index (χ1) is 9.04. The van der Waals surface area contributed by atoms with Crippen LogP contribution < -0.4 is 11.1 Å². The number of benzene rings is 1. The number of nitrogens with two attached hydrogens (primary N) is 1. The standard InChI is InChI=1S/C12H17N3O3S/c1-2-19-7-6-11(13)12(16)14-9-4-3-5-10(8-9)15(17)18/h3-5,8,11H,2,6-7,13H2,1H3,(H,14,16)/t11-/m0/s1. The summed E-state index contributed by atoms with van der Waals surface area (Å²) >= 11 is 1.72.